The summed E-state index contributed by atoms with van der Waals surface area (Å²) < 4.78 is 2.13. The van der Waals surface area contributed by atoms with Gasteiger partial charge < -0.3 is 14.4 Å². The molecule has 0 N–H and O–H groups in total. The molecule has 1 aromatic heterocycles. The molecule has 20 heavy (non-hydrogen) atoms. The molecule has 6 nitrogen and oxygen atoms in total. The molecule has 0 aliphatic carbocycles. The van der Waals surface area contributed by atoms with Crippen molar-refractivity contribution in [2.24, 2.45) is 0 Å². The SMILES string of the molecule is CC(=O)N1CCN(C(=O)Cn2cc(Br)ccc2=O)CC1. The van der Waals surface area contributed by atoms with E-state index in [0.29, 0.717) is 26.2 Å². The first-order valence-corrected chi connectivity index (χ1v) is 7.16. The quantitative estimate of drug-likeness (QED) is 0.777. The molecule has 0 bridgehead atoms. The summed E-state index contributed by atoms with van der Waals surface area (Å²) in [6, 6.07) is 3.07. The van der Waals surface area contributed by atoms with Crippen LogP contribution in [0.15, 0.2) is 27.6 Å². The van der Waals surface area contributed by atoms with E-state index in [1.165, 1.54) is 17.6 Å². The molecule has 0 aromatic carbocycles. The van der Waals surface area contributed by atoms with Gasteiger partial charge in [-0.3, -0.25) is 14.4 Å². The third-order valence-electron chi connectivity index (χ3n) is 3.33. The molecule has 2 amide bonds. The van der Waals surface area contributed by atoms with E-state index < -0.39 is 0 Å². The molecule has 0 saturated carbocycles. The second kappa shape index (κ2) is 6.21. The Balaban J connectivity index is 1.98. The number of carbonyl (C=O) groups is 2. The van der Waals surface area contributed by atoms with Crippen molar-refractivity contribution in [2.75, 3.05) is 26.2 Å². The molecule has 0 unspecified atom stereocenters. The fourth-order valence-electron chi connectivity index (χ4n) is 2.14. The fraction of sp³-hybridized carbons (Fsp3) is 0.462. The minimum absolute atomic E-state index is 0.0261. The number of hydrogen-bond donors (Lipinski definition) is 0. The average Bonchev–Trinajstić information content (AvgIpc) is 2.43. The molecule has 1 fully saturated rings. The number of carbonyl (C=O) groups excluding carboxylic acids is 2. The Morgan fingerprint density at radius 2 is 1.75 bits per heavy atom. The van der Waals surface area contributed by atoms with Crippen LogP contribution in [0.3, 0.4) is 0 Å². The van der Waals surface area contributed by atoms with E-state index >= 15 is 0 Å². The number of pyridine rings is 1. The Bertz CT molecular complexity index is 576. The molecule has 1 saturated heterocycles. The van der Waals surface area contributed by atoms with Gasteiger partial charge in [0.05, 0.1) is 0 Å². The summed E-state index contributed by atoms with van der Waals surface area (Å²) in [5.74, 6) is -0.0753. The van der Waals surface area contributed by atoms with E-state index in [4.69, 9.17) is 0 Å². The summed E-state index contributed by atoms with van der Waals surface area (Å²) in [6.45, 7) is 3.68. The molecule has 0 spiro atoms. The first-order valence-electron chi connectivity index (χ1n) is 6.36. The van der Waals surface area contributed by atoms with Crippen molar-refractivity contribution in [2.45, 2.75) is 13.5 Å². The highest BCUT2D eigenvalue weighted by atomic mass is 79.9. The predicted molar refractivity (Wildman–Crippen MR) is 77.2 cm³/mol. The normalized spacial score (nSPS) is 15.3. The van der Waals surface area contributed by atoms with Crippen LogP contribution >= 0.6 is 15.9 Å². The van der Waals surface area contributed by atoms with Gasteiger partial charge in [0.2, 0.25) is 11.8 Å². The van der Waals surface area contributed by atoms with E-state index in [1.54, 1.807) is 22.1 Å². The van der Waals surface area contributed by atoms with E-state index in [-0.39, 0.29) is 23.9 Å². The standard InChI is InChI=1S/C13H16BrN3O3/c1-10(18)15-4-6-16(7-5-15)13(20)9-17-8-11(14)2-3-12(17)19/h2-3,8H,4-7,9H2,1H3. The van der Waals surface area contributed by atoms with Crippen molar-refractivity contribution in [1.29, 1.82) is 0 Å². The van der Waals surface area contributed by atoms with Gasteiger partial charge in [-0.15, -0.1) is 0 Å². The maximum Gasteiger partial charge on any atom is 0.251 e. The van der Waals surface area contributed by atoms with Gasteiger partial charge in [0.25, 0.3) is 5.56 Å². The van der Waals surface area contributed by atoms with E-state index in [0.717, 1.165) is 4.47 Å². The van der Waals surface area contributed by atoms with E-state index in [9.17, 15) is 14.4 Å². The monoisotopic (exact) mass is 341 g/mol. The number of piperazine rings is 1. The van der Waals surface area contributed by atoms with Gasteiger partial charge in [0.1, 0.15) is 6.54 Å². The van der Waals surface area contributed by atoms with Gasteiger partial charge in [-0.2, -0.15) is 0 Å². The van der Waals surface area contributed by atoms with Gasteiger partial charge >= 0.3 is 0 Å². The molecule has 1 aromatic rings. The molecule has 7 heteroatoms. The molecular formula is C13H16BrN3O3. The first-order chi connectivity index (χ1) is 9.47. The van der Waals surface area contributed by atoms with Crippen LogP contribution in [0.1, 0.15) is 6.92 Å². The van der Waals surface area contributed by atoms with Crippen LogP contribution < -0.4 is 5.56 Å². The van der Waals surface area contributed by atoms with Gasteiger partial charge in [0.15, 0.2) is 0 Å². The molecule has 2 rings (SSSR count). The van der Waals surface area contributed by atoms with Crippen molar-refractivity contribution in [1.82, 2.24) is 14.4 Å². The lowest BCUT2D eigenvalue weighted by atomic mass is 10.3. The Morgan fingerprint density at radius 3 is 2.35 bits per heavy atom. The molecular weight excluding hydrogens is 326 g/mol. The predicted octanol–water partition coefficient (Wildman–Crippen LogP) is 0.302. The number of amides is 2. The summed E-state index contributed by atoms with van der Waals surface area (Å²) in [5, 5.41) is 0. The van der Waals surface area contributed by atoms with Crippen LogP contribution in [0.4, 0.5) is 0 Å². The van der Waals surface area contributed by atoms with E-state index in [1.807, 2.05) is 0 Å². The zero-order valence-corrected chi connectivity index (χ0v) is 12.8. The first kappa shape index (κ1) is 14.8. The highest BCUT2D eigenvalue weighted by Gasteiger charge is 2.22. The zero-order chi connectivity index (χ0) is 14.7. The van der Waals surface area contributed by atoms with Crippen LogP contribution in [-0.4, -0.2) is 52.4 Å². The molecule has 0 radical (unpaired) electrons. The number of aromatic nitrogens is 1. The molecule has 0 atom stereocenters. The maximum atomic E-state index is 12.2. The second-order valence-corrected chi connectivity index (χ2v) is 5.62. The van der Waals surface area contributed by atoms with Crippen LogP contribution in [-0.2, 0) is 16.1 Å². The number of hydrogen-bond acceptors (Lipinski definition) is 3. The van der Waals surface area contributed by atoms with Crippen molar-refractivity contribution in [3.63, 3.8) is 0 Å². The summed E-state index contributed by atoms with van der Waals surface area (Å²) in [4.78, 5) is 38.4. The van der Waals surface area contributed by atoms with Crippen LogP contribution in [0.5, 0.6) is 0 Å². The van der Waals surface area contributed by atoms with Crippen molar-refractivity contribution < 1.29 is 9.59 Å². The van der Waals surface area contributed by atoms with E-state index in [2.05, 4.69) is 15.9 Å². The summed E-state index contributed by atoms with van der Waals surface area (Å²) in [7, 11) is 0. The molecule has 1 aliphatic heterocycles. The number of nitrogens with zero attached hydrogens (tertiary/aromatic N) is 3. The van der Waals surface area contributed by atoms with Crippen LogP contribution in [0, 0.1) is 0 Å². The van der Waals surface area contributed by atoms with Crippen molar-refractivity contribution in [3.05, 3.63) is 33.2 Å². The van der Waals surface area contributed by atoms with Gasteiger partial charge in [-0.1, -0.05) is 0 Å². The van der Waals surface area contributed by atoms with Crippen molar-refractivity contribution >= 4 is 27.7 Å². The Morgan fingerprint density at radius 1 is 1.15 bits per heavy atom. The lowest BCUT2D eigenvalue weighted by Gasteiger charge is -2.34. The smallest absolute Gasteiger partial charge is 0.251 e. The zero-order valence-electron chi connectivity index (χ0n) is 11.2. The number of rotatable bonds is 2. The Labute approximate surface area is 125 Å². The minimum atomic E-state index is -0.205. The molecule has 2 heterocycles. The molecule has 1 aliphatic rings. The average molecular weight is 342 g/mol. The summed E-state index contributed by atoms with van der Waals surface area (Å²) in [5.41, 5.74) is -0.205. The Kier molecular flexibility index (Phi) is 4.59. The summed E-state index contributed by atoms with van der Waals surface area (Å²) in [6.07, 6.45) is 1.60. The summed E-state index contributed by atoms with van der Waals surface area (Å²) >= 11 is 3.28. The second-order valence-electron chi connectivity index (χ2n) is 4.70. The highest BCUT2D eigenvalue weighted by Crippen LogP contribution is 2.06. The molecule has 108 valence electrons. The lowest BCUT2D eigenvalue weighted by molar-refractivity contribution is -0.138. The van der Waals surface area contributed by atoms with Crippen molar-refractivity contribution in [3.8, 4) is 0 Å². The highest BCUT2D eigenvalue weighted by molar-refractivity contribution is 9.10. The van der Waals surface area contributed by atoms with Crippen LogP contribution in [0.25, 0.3) is 0 Å². The minimum Gasteiger partial charge on any atom is -0.339 e. The fourth-order valence-corrected chi connectivity index (χ4v) is 2.52. The largest absolute Gasteiger partial charge is 0.339 e. The Hall–Kier alpha value is -1.63. The third-order valence-corrected chi connectivity index (χ3v) is 3.80. The lowest BCUT2D eigenvalue weighted by Crippen LogP contribution is -2.51. The van der Waals surface area contributed by atoms with Gasteiger partial charge in [-0.25, -0.2) is 0 Å². The van der Waals surface area contributed by atoms with Crippen LogP contribution in [0.2, 0.25) is 0 Å². The topological polar surface area (TPSA) is 62.6 Å². The maximum absolute atomic E-state index is 12.2. The number of halogens is 1. The van der Waals surface area contributed by atoms with Gasteiger partial charge in [-0.05, 0) is 22.0 Å². The third kappa shape index (κ3) is 3.47. The van der Waals surface area contributed by atoms with Gasteiger partial charge in [0, 0.05) is 49.8 Å².